The molecular formula is C22H25N5O2S. The maximum atomic E-state index is 13.4. The van der Waals surface area contributed by atoms with Gasteiger partial charge in [-0.3, -0.25) is 4.79 Å². The monoisotopic (exact) mass is 423 g/mol. The summed E-state index contributed by atoms with van der Waals surface area (Å²) in [5.41, 5.74) is 2.59. The molecule has 1 unspecified atom stereocenters. The van der Waals surface area contributed by atoms with Crippen molar-refractivity contribution in [3.8, 4) is 5.75 Å². The first-order valence-corrected chi connectivity index (χ1v) is 11.0. The fourth-order valence-corrected chi connectivity index (χ4v) is 4.81. The van der Waals surface area contributed by atoms with Crippen molar-refractivity contribution >= 4 is 23.4 Å². The van der Waals surface area contributed by atoms with Gasteiger partial charge < -0.3 is 10.1 Å². The number of benzene rings is 2. The molecule has 1 amide bonds. The van der Waals surface area contributed by atoms with Crippen LogP contribution in [0, 0.1) is 6.92 Å². The topological polar surface area (TPSA) is 81.9 Å². The Bertz CT molecular complexity index is 1000. The molecule has 0 spiro atoms. The van der Waals surface area contributed by atoms with Gasteiger partial charge in [-0.1, -0.05) is 61.0 Å². The van der Waals surface area contributed by atoms with Crippen LogP contribution in [0.1, 0.15) is 48.1 Å². The minimum atomic E-state index is -0.498. The van der Waals surface area contributed by atoms with Crippen LogP contribution in [0.5, 0.6) is 5.75 Å². The number of carbonyl (C=O) groups is 1. The number of aryl methyl sites for hydroxylation is 1. The lowest BCUT2D eigenvalue weighted by molar-refractivity contribution is -0.115. The number of hydrogen-bond acceptors (Lipinski definition) is 6. The predicted octanol–water partition coefficient (Wildman–Crippen LogP) is 4.58. The summed E-state index contributed by atoms with van der Waals surface area (Å²) in [5.74, 6) is 0.484. The van der Waals surface area contributed by atoms with Gasteiger partial charge >= 0.3 is 0 Å². The van der Waals surface area contributed by atoms with Gasteiger partial charge in [0, 0.05) is 0 Å². The lowest BCUT2D eigenvalue weighted by Crippen LogP contribution is -2.20. The molecule has 0 bridgehead atoms. The number of aromatic nitrogens is 4. The molecular weight excluding hydrogens is 398 g/mol. The smallest absolute Gasteiger partial charge is 0.242 e. The van der Waals surface area contributed by atoms with Crippen LogP contribution in [0.25, 0.3) is 0 Å². The van der Waals surface area contributed by atoms with Gasteiger partial charge in [0.25, 0.3) is 0 Å². The second-order valence-electron chi connectivity index (χ2n) is 7.45. The molecule has 8 heteroatoms. The molecule has 7 nitrogen and oxygen atoms in total. The highest BCUT2D eigenvalue weighted by Gasteiger charge is 2.28. The van der Waals surface area contributed by atoms with Gasteiger partial charge in [0.1, 0.15) is 11.0 Å². The van der Waals surface area contributed by atoms with Crippen LogP contribution in [-0.2, 0) is 4.79 Å². The van der Waals surface area contributed by atoms with E-state index in [1.807, 2.05) is 60.1 Å². The van der Waals surface area contributed by atoms with Gasteiger partial charge in [0.05, 0.1) is 18.8 Å². The molecule has 3 aromatic rings. The number of rotatable bonds is 7. The lowest BCUT2D eigenvalue weighted by atomic mass is 10.1. The highest BCUT2D eigenvalue weighted by Crippen LogP contribution is 2.39. The first-order valence-electron chi connectivity index (χ1n) is 10.1. The predicted molar refractivity (Wildman–Crippen MR) is 117 cm³/mol. The minimum absolute atomic E-state index is 0.143. The summed E-state index contributed by atoms with van der Waals surface area (Å²) < 4.78 is 7.30. The molecule has 1 aliphatic carbocycles. The summed E-state index contributed by atoms with van der Waals surface area (Å²) in [5, 5.41) is 15.5. The fourth-order valence-electron chi connectivity index (χ4n) is 3.77. The number of carbonyl (C=O) groups excluding carboxylic acids is 1. The van der Waals surface area contributed by atoms with E-state index in [2.05, 4.69) is 20.8 Å². The second kappa shape index (κ2) is 9.30. The normalized spacial score (nSPS) is 15.1. The van der Waals surface area contributed by atoms with Crippen molar-refractivity contribution < 1.29 is 9.53 Å². The molecule has 1 saturated carbocycles. The molecule has 2 aromatic carbocycles. The number of anilines is 1. The Morgan fingerprint density at radius 3 is 2.70 bits per heavy atom. The number of amides is 1. The van der Waals surface area contributed by atoms with Crippen molar-refractivity contribution in [1.82, 2.24) is 20.2 Å². The lowest BCUT2D eigenvalue weighted by Gasteiger charge is -2.19. The Hall–Kier alpha value is -2.87. The summed E-state index contributed by atoms with van der Waals surface area (Å²) in [6, 6.07) is 15.7. The Kier molecular flexibility index (Phi) is 6.32. The zero-order chi connectivity index (χ0) is 20.9. The number of ether oxygens (including phenoxy) is 1. The average molecular weight is 424 g/mol. The number of nitrogens with one attached hydrogen (secondary N) is 1. The first-order chi connectivity index (χ1) is 14.7. The van der Waals surface area contributed by atoms with E-state index in [0.29, 0.717) is 22.6 Å². The second-order valence-corrected chi connectivity index (χ2v) is 8.52. The molecule has 0 aliphatic heterocycles. The van der Waals surface area contributed by atoms with Crippen molar-refractivity contribution in [3.05, 3.63) is 59.7 Å². The van der Waals surface area contributed by atoms with Crippen molar-refractivity contribution in [1.29, 1.82) is 0 Å². The van der Waals surface area contributed by atoms with Gasteiger partial charge in [-0.05, 0) is 53.5 Å². The molecule has 1 aliphatic rings. The fraction of sp³-hybridized carbons (Fsp3) is 0.364. The molecule has 1 fully saturated rings. The van der Waals surface area contributed by atoms with Gasteiger partial charge in [-0.2, -0.15) is 0 Å². The minimum Gasteiger partial charge on any atom is -0.495 e. The van der Waals surface area contributed by atoms with Crippen LogP contribution in [0.4, 0.5) is 5.69 Å². The van der Waals surface area contributed by atoms with Crippen molar-refractivity contribution in [2.75, 3.05) is 12.4 Å². The van der Waals surface area contributed by atoms with E-state index in [0.717, 1.165) is 24.0 Å². The summed E-state index contributed by atoms with van der Waals surface area (Å²) in [4.78, 5) is 13.4. The van der Waals surface area contributed by atoms with E-state index < -0.39 is 5.25 Å². The molecule has 1 atom stereocenters. The van der Waals surface area contributed by atoms with Crippen LogP contribution in [0.2, 0.25) is 0 Å². The van der Waals surface area contributed by atoms with Gasteiger partial charge in [-0.15, -0.1) is 5.10 Å². The molecule has 0 radical (unpaired) electrons. The third-order valence-electron chi connectivity index (χ3n) is 5.31. The van der Waals surface area contributed by atoms with E-state index in [4.69, 9.17) is 4.74 Å². The van der Waals surface area contributed by atoms with Gasteiger partial charge in [0.15, 0.2) is 0 Å². The number of tetrazole rings is 1. The van der Waals surface area contributed by atoms with Crippen molar-refractivity contribution in [3.63, 3.8) is 0 Å². The largest absolute Gasteiger partial charge is 0.495 e. The first kappa shape index (κ1) is 20.4. The average Bonchev–Trinajstić information content (AvgIpc) is 3.44. The zero-order valence-electron chi connectivity index (χ0n) is 17.1. The van der Waals surface area contributed by atoms with E-state index in [-0.39, 0.29) is 5.91 Å². The summed E-state index contributed by atoms with van der Waals surface area (Å²) in [6.45, 7) is 1.98. The van der Waals surface area contributed by atoms with Gasteiger partial charge in [0.2, 0.25) is 11.1 Å². The number of hydrogen-bond donors (Lipinski definition) is 1. The Balaban J connectivity index is 1.62. The van der Waals surface area contributed by atoms with E-state index >= 15 is 0 Å². The van der Waals surface area contributed by atoms with Crippen LogP contribution >= 0.6 is 11.8 Å². The van der Waals surface area contributed by atoms with Crippen LogP contribution in [-0.4, -0.2) is 33.2 Å². The summed E-state index contributed by atoms with van der Waals surface area (Å²) >= 11 is 1.38. The maximum absolute atomic E-state index is 13.4. The molecule has 1 N–H and O–H groups in total. The van der Waals surface area contributed by atoms with Crippen molar-refractivity contribution in [2.45, 2.75) is 49.1 Å². The molecule has 1 heterocycles. The number of thioether (sulfide) groups is 1. The van der Waals surface area contributed by atoms with Gasteiger partial charge in [-0.25, -0.2) is 4.68 Å². The zero-order valence-corrected chi connectivity index (χ0v) is 17.9. The number of methoxy groups -OCH3 is 1. The highest BCUT2D eigenvalue weighted by molar-refractivity contribution is 8.00. The number of nitrogens with zero attached hydrogens (tertiary/aromatic N) is 4. The highest BCUT2D eigenvalue weighted by atomic mass is 32.2. The van der Waals surface area contributed by atoms with E-state index in [1.54, 1.807) is 7.11 Å². The molecule has 0 saturated heterocycles. The maximum Gasteiger partial charge on any atom is 0.242 e. The Labute approximate surface area is 180 Å². The van der Waals surface area contributed by atoms with Crippen LogP contribution in [0.3, 0.4) is 0 Å². The third kappa shape index (κ3) is 4.48. The third-order valence-corrected chi connectivity index (χ3v) is 6.51. The molecule has 156 valence electrons. The van der Waals surface area contributed by atoms with Crippen LogP contribution in [0.15, 0.2) is 53.7 Å². The van der Waals surface area contributed by atoms with Crippen molar-refractivity contribution in [2.24, 2.45) is 0 Å². The standard InChI is InChI=1S/C22H25N5O2S/c1-15-12-13-19(29-2)18(14-15)23-21(28)20(16-8-4-3-5-9-16)30-22-24-25-26-27(22)17-10-6-7-11-17/h3-5,8-9,12-14,17,20H,6-7,10-11H2,1-2H3,(H,23,28). The summed E-state index contributed by atoms with van der Waals surface area (Å²) in [7, 11) is 1.60. The SMILES string of the molecule is COc1ccc(C)cc1NC(=O)C(Sc1nnnn1C1CCCC1)c1ccccc1. The Morgan fingerprint density at radius 1 is 1.20 bits per heavy atom. The van der Waals surface area contributed by atoms with E-state index in [9.17, 15) is 4.79 Å². The van der Waals surface area contributed by atoms with E-state index in [1.165, 1.54) is 24.6 Å². The van der Waals surface area contributed by atoms with Crippen LogP contribution < -0.4 is 10.1 Å². The quantitative estimate of drug-likeness (QED) is 0.560. The Morgan fingerprint density at radius 2 is 1.97 bits per heavy atom. The summed E-state index contributed by atoms with van der Waals surface area (Å²) in [6.07, 6.45) is 4.51. The molecule has 30 heavy (non-hydrogen) atoms. The molecule has 1 aromatic heterocycles. The molecule has 4 rings (SSSR count).